The van der Waals surface area contributed by atoms with E-state index in [1.165, 1.54) is 6.42 Å². The highest BCUT2D eigenvalue weighted by molar-refractivity contribution is 5.97. The third kappa shape index (κ3) is 3.59. The first kappa shape index (κ1) is 17.7. The molecular weight excluding hydrogens is 344 g/mol. The van der Waals surface area contributed by atoms with Crippen LogP contribution in [0.3, 0.4) is 0 Å². The molecule has 2 aromatic rings. The van der Waals surface area contributed by atoms with Gasteiger partial charge >= 0.3 is 0 Å². The fourth-order valence-electron chi connectivity index (χ4n) is 3.54. The summed E-state index contributed by atoms with van der Waals surface area (Å²) in [7, 11) is 0. The van der Waals surface area contributed by atoms with E-state index in [4.69, 9.17) is 4.52 Å². The lowest BCUT2D eigenvalue weighted by atomic mass is 9.85. The highest BCUT2D eigenvalue weighted by Gasteiger charge is 2.26. The van der Waals surface area contributed by atoms with Gasteiger partial charge < -0.3 is 14.3 Å². The molecule has 1 aromatic heterocycles. The molecule has 4 rings (SSSR count). The van der Waals surface area contributed by atoms with Gasteiger partial charge in [0.05, 0.1) is 6.54 Å². The third-order valence-corrected chi connectivity index (χ3v) is 5.44. The Morgan fingerprint density at radius 3 is 2.63 bits per heavy atom. The molecule has 2 fully saturated rings. The van der Waals surface area contributed by atoms with E-state index in [2.05, 4.69) is 10.1 Å². The first-order chi connectivity index (χ1) is 13.2. The van der Waals surface area contributed by atoms with Gasteiger partial charge in [-0.15, -0.1) is 0 Å². The van der Waals surface area contributed by atoms with E-state index in [0.717, 1.165) is 31.5 Å². The van der Waals surface area contributed by atoms with E-state index in [9.17, 15) is 9.59 Å². The van der Waals surface area contributed by atoms with Crippen LogP contribution >= 0.6 is 0 Å². The van der Waals surface area contributed by atoms with Crippen LogP contribution < -0.4 is 4.90 Å². The topological polar surface area (TPSA) is 79.5 Å². The summed E-state index contributed by atoms with van der Waals surface area (Å²) in [6, 6.07) is 7.24. The number of carbonyl (C=O) groups excluding carboxylic acids is 2. The van der Waals surface area contributed by atoms with Crippen LogP contribution in [0.25, 0.3) is 0 Å². The summed E-state index contributed by atoms with van der Waals surface area (Å²) in [6.45, 7) is 3.56. The van der Waals surface area contributed by atoms with Crippen molar-refractivity contribution in [1.82, 2.24) is 15.0 Å². The van der Waals surface area contributed by atoms with E-state index in [1.807, 2.05) is 19.1 Å². The van der Waals surface area contributed by atoms with Gasteiger partial charge in [-0.3, -0.25) is 9.59 Å². The second-order valence-corrected chi connectivity index (χ2v) is 7.19. The number of nitrogens with zero attached hydrogens (tertiary/aromatic N) is 4. The summed E-state index contributed by atoms with van der Waals surface area (Å²) in [5, 5.41) is 4.03. The minimum Gasteiger partial charge on any atom is -0.339 e. The lowest BCUT2D eigenvalue weighted by Gasteiger charge is -2.21. The van der Waals surface area contributed by atoms with Crippen LogP contribution in [0.5, 0.6) is 0 Å². The summed E-state index contributed by atoms with van der Waals surface area (Å²) < 4.78 is 5.35. The van der Waals surface area contributed by atoms with Crippen molar-refractivity contribution in [2.75, 3.05) is 18.0 Å². The quantitative estimate of drug-likeness (QED) is 0.783. The number of rotatable bonds is 6. The van der Waals surface area contributed by atoms with Crippen LogP contribution in [0.15, 0.2) is 28.8 Å². The van der Waals surface area contributed by atoms with E-state index in [1.54, 1.807) is 21.9 Å². The zero-order valence-corrected chi connectivity index (χ0v) is 15.6. The molecule has 0 bridgehead atoms. The minimum absolute atomic E-state index is 0.0770. The maximum Gasteiger partial charge on any atom is 0.254 e. The van der Waals surface area contributed by atoms with E-state index < -0.39 is 0 Å². The zero-order chi connectivity index (χ0) is 18.8. The summed E-state index contributed by atoms with van der Waals surface area (Å²) >= 11 is 0. The molecule has 0 atom stereocenters. The van der Waals surface area contributed by atoms with Gasteiger partial charge in [0.1, 0.15) is 0 Å². The highest BCUT2D eigenvalue weighted by Crippen LogP contribution is 2.35. The van der Waals surface area contributed by atoms with Crippen LogP contribution in [0.2, 0.25) is 0 Å². The third-order valence-electron chi connectivity index (χ3n) is 5.44. The number of carbonyl (C=O) groups is 2. The zero-order valence-electron chi connectivity index (χ0n) is 15.6. The van der Waals surface area contributed by atoms with Gasteiger partial charge in [-0.25, -0.2) is 0 Å². The van der Waals surface area contributed by atoms with Gasteiger partial charge in [-0.2, -0.15) is 4.98 Å². The summed E-state index contributed by atoms with van der Waals surface area (Å²) in [5.74, 6) is 1.69. The molecule has 1 saturated carbocycles. The van der Waals surface area contributed by atoms with Gasteiger partial charge in [0.2, 0.25) is 11.8 Å². The lowest BCUT2D eigenvalue weighted by molar-refractivity contribution is -0.117. The molecule has 2 amide bonds. The van der Waals surface area contributed by atoms with Gasteiger partial charge in [-0.05, 0) is 50.5 Å². The maximum absolute atomic E-state index is 12.8. The van der Waals surface area contributed by atoms with Crippen LogP contribution in [0.4, 0.5) is 5.69 Å². The number of amides is 2. The van der Waals surface area contributed by atoms with Crippen molar-refractivity contribution >= 4 is 17.5 Å². The number of hydrogen-bond acceptors (Lipinski definition) is 5. The van der Waals surface area contributed by atoms with Crippen LogP contribution in [-0.2, 0) is 11.3 Å². The van der Waals surface area contributed by atoms with Crippen molar-refractivity contribution in [2.45, 2.75) is 51.5 Å². The van der Waals surface area contributed by atoms with Gasteiger partial charge in [0.15, 0.2) is 5.82 Å². The molecule has 1 aliphatic heterocycles. The lowest BCUT2D eigenvalue weighted by Crippen LogP contribution is -2.31. The Morgan fingerprint density at radius 2 is 2.04 bits per heavy atom. The number of hydrogen-bond donors (Lipinski definition) is 0. The molecule has 1 aromatic carbocycles. The monoisotopic (exact) mass is 368 g/mol. The molecule has 1 aliphatic carbocycles. The van der Waals surface area contributed by atoms with Crippen molar-refractivity contribution in [3.8, 4) is 0 Å². The minimum atomic E-state index is -0.0770. The first-order valence-corrected chi connectivity index (χ1v) is 9.68. The molecule has 0 unspecified atom stereocenters. The number of anilines is 1. The van der Waals surface area contributed by atoms with Crippen molar-refractivity contribution in [3.63, 3.8) is 0 Å². The predicted octanol–water partition coefficient (Wildman–Crippen LogP) is 3.13. The second-order valence-electron chi connectivity index (χ2n) is 7.19. The SMILES string of the molecule is CCN(Cc1noc(C2CCC2)n1)C(=O)c1ccc(N2CCCC2=O)cc1. The molecule has 2 heterocycles. The standard InChI is InChI=1S/C20H24N4O3/c1-2-23(13-17-21-19(27-22-17)14-5-3-6-14)20(26)15-8-10-16(11-9-15)24-12-4-7-18(24)25/h8-11,14H,2-7,12-13H2,1H3. The Balaban J connectivity index is 1.43. The van der Waals surface area contributed by atoms with Crippen molar-refractivity contribution in [1.29, 1.82) is 0 Å². The smallest absolute Gasteiger partial charge is 0.254 e. The highest BCUT2D eigenvalue weighted by atomic mass is 16.5. The molecule has 0 N–H and O–H groups in total. The first-order valence-electron chi connectivity index (χ1n) is 9.68. The molecule has 1 saturated heterocycles. The maximum atomic E-state index is 12.8. The average molecular weight is 368 g/mol. The van der Waals surface area contributed by atoms with Crippen molar-refractivity contribution in [3.05, 3.63) is 41.5 Å². The number of aromatic nitrogens is 2. The van der Waals surface area contributed by atoms with Crippen molar-refractivity contribution < 1.29 is 14.1 Å². The van der Waals surface area contributed by atoms with E-state index in [0.29, 0.717) is 42.7 Å². The largest absolute Gasteiger partial charge is 0.339 e. The van der Waals surface area contributed by atoms with Crippen LogP contribution in [0, 0.1) is 0 Å². The Bertz CT molecular complexity index is 826. The Kier molecular flexibility index (Phi) is 4.92. The summed E-state index contributed by atoms with van der Waals surface area (Å²) in [6.07, 6.45) is 4.89. The Hall–Kier alpha value is -2.70. The second kappa shape index (κ2) is 7.50. The average Bonchev–Trinajstić information content (AvgIpc) is 3.27. The van der Waals surface area contributed by atoms with Crippen LogP contribution in [-0.4, -0.2) is 39.9 Å². The molecule has 27 heavy (non-hydrogen) atoms. The molecule has 0 spiro atoms. The van der Waals surface area contributed by atoms with Gasteiger partial charge in [-0.1, -0.05) is 11.6 Å². The molecule has 0 radical (unpaired) electrons. The summed E-state index contributed by atoms with van der Waals surface area (Å²) in [5.41, 5.74) is 1.44. The Labute approximate surface area is 158 Å². The Morgan fingerprint density at radius 1 is 1.26 bits per heavy atom. The molecule has 142 valence electrons. The van der Waals surface area contributed by atoms with E-state index >= 15 is 0 Å². The summed E-state index contributed by atoms with van der Waals surface area (Å²) in [4.78, 5) is 32.6. The van der Waals surface area contributed by atoms with Crippen LogP contribution in [0.1, 0.15) is 67.0 Å². The molecule has 2 aliphatic rings. The predicted molar refractivity (Wildman–Crippen MR) is 99.3 cm³/mol. The van der Waals surface area contributed by atoms with Gasteiger partial charge in [0, 0.05) is 36.7 Å². The van der Waals surface area contributed by atoms with Crippen molar-refractivity contribution in [2.24, 2.45) is 0 Å². The number of benzene rings is 1. The van der Waals surface area contributed by atoms with Gasteiger partial charge in [0.25, 0.3) is 5.91 Å². The molecular formula is C20H24N4O3. The fraction of sp³-hybridized carbons (Fsp3) is 0.500. The van der Waals surface area contributed by atoms with E-state index in [-0.39, 0.29) is 11.8 Å². The fourth-order valence-corrected chi connectivity index (χ4v) is 3.54. The normalized spacial score (nSPS) is 17.2. The molecule has 7 nitrogen and oxygen atoms in total. The molecule has 7 heteroatoms.